The number of hydrogen-bond donors (Lipinski definition) is 2. The number of nitrogens with zero attached hydrogens (tertiary/aromatic N) is 10. The molecule has 3 fully saturated rings. The van der Waals surface area contributed by atoms with Crippen molar-refractivity contribution in [2.24, 2.45) is 23.5 Å². The Labute approximate surface area is 615 Å². The summed E-state index contributed by atoms with van der Waals surface area (Å²) < 4.78 is 42.0. The molecule has 1 aliphatic carbocycles. The maximum atomic E-state index is 15.9. The summed E-state index contributed by atoms with van der Waals surface area (Å²) in [5, 5.41) is 2.14. The molecule has 0 radical (unpaired) electrons. The summed E-state index contributed by atoms with van der Waals surface area (Å²) in [6.45, 7) is 13.6. The van der Waals surface area contributed by atoms with E-state index in [-0.39, 0.29) is 69.4 Å². The number of halogens is 4. The van der Waals surface area contributed by atoms with Crippen LogP contribution in [-0.4, -0.2) is 256 Å². The fraction of sp³-hybridized carbons (Fsp3) is 0.605. The zero-order chi connectivity index (χ0) is 77.9. The summed E-state index contributed by atoms with van der Waals surface area (Å²) in [7, 11) is 12.5. The lowest BCUT2D eigenvalue weighted by atomic mass is 9.88. The van der Waals surface area contributed by atoms with Gasteiger partial charge in [0.05, 0.1) is 23.6 Å². The molecule has 28 heteroatoms. The second-order valence-corrected chi connectivity index (χ2v) is 29.7. The van der Waals surface area contributed by atoms with Crippen molar-refractivity contribution in [3.05, 3.63) is 106 Å². The second-order valence-electron chi connectivity index (χ2n) is 29.3. The van der Waals surface area contributed by atoms with Crippen LogP contribution in [0.1, 0.15) is 140 Å². The summed E-state index contributed by atoms with van der Waals surface area (Å²) in [6.07, 6.45) is -4.05. The molecular weight excluding hydrogens is 1370 g/mol. The summed E-state index contributed by atoms with van der Waals surface area (Å²) in [6, 6.07) is 7.01. The van der Waals surface area contributed by atoms with E-state index in [0.717, 1.165) is 32.4 Å². The van der Waals surface area contributed by atoms with Crippen LogP contribution in [0.3, 0.4) is 0 Å². The Morgan fingerprint density at radius 1 is 0.615 bits per heavy atom. The predicted octanol–water partition coefficient (Wildman–Crippen LogP) is 6.24. The number of rotatable bonds is 14. The fourth-order valence-corrected chi connectivity index (χ4v) is 14.8. The molecule has 572 valence electrons. The number of hydrogen-bond acceptors (Lipinski definition) is 12. The van der Waals surface area contributed by atoms with E-state index in [0.29, 0.717) is 36.8 Å². The number of alkyl halides is 3. The Morgan fingerprint density at radius 2 is 1.14 bits per heavy atom. The maximum absolute atomic E-state index is 15.9. The predicted molar refractivity (Wildman–Crippen MR) is 387 cm³/mol. The number of nitrogens with two attached hydrogens (primary N) is 1. The molecule has 11 atom stereocenters. The first-order chi connectivity index (χ1) is 48.7. The summed E-state index contributed by atoms with van der Waals surface area (Å²) in [5.41, 5.74) is 5.72. The lowest BCUT2D eigenvalue weighted by molar-refractivity contribution is -0.162. The molecule has 24 nitrogen and oxygen atoms in total. The van der Waals surface area contributed by atoms with Crippen molar-refractivity contribution in [3.8, 4) is 0 Å². The van der Waals surface area contributed by atoms with E-state index >= 15 is 33.6 Å². The number of amides is 12. The summed E-state index contributed by atoms with van der Waals surface area (Å²) in [5.74, 6) is -10.3. The van der Waals surface area contributed by atoms with E-state index in [4.69, 9.17) is 17.3 Å². The fourth-order valence-electron chi connectivity index (χ4n) is 14.5. The van der Waals surface area contributed by atoms with Crippen LogP contribution in [0.2, 0.25) is 5.02 Å². The van der Waals surface area contributed by atoms with Crippen molar-refractivity contribution in [2.45, 2.75) is 205 Å². The number of nitrogens with one attached hydrogen (secondary N) is 1. The maximum Gasteiger partial charge on any atom is 0.417 e. The van der Waals surface area contributed by atoms with Gasteiger partial charge in [-0.1, -0.05) is 145 Å². The lowest BCUT2D eigenvalue weighted by Crippen LogP contribution is -2.65. The highest BCUT2D eigenvalue weighted by molar-refractivity contribution is 6.31. The van der Waals surface area contributed by atoms with E-state index < -0.39 is 172 Å². The quantitative estimate of drug-likeness (QED) is 0.182. The molecule has 1 saturated carbocycles. The highest BCUT2D eigenvalue weighted by Crippen LogP contribution is 2.40. The monoisotopic (exact) mass is 1470 g/mol. The molecule has 3 aliphatic rings. The summed E-state index contributed by atoms with van der Waals surface area (Å²) in [4.78, 5) is 193. The van der Waals surface area contributed by atoms with Gasteiger partial charge in [-0.3, -0.25) is 57.5 Å². The van der Waals surface area contributed by atoms with Gasteiger partial charge in [-0.15, -0.1) is 0 Å². The molecule has 6 rings (SSSR count). The minimum Gasteiger partial charge on any atom is -0.368 e. The largest absolute Gasteiger partial charge is 0.417 e. The van der Waals surface area contributed by atoms with Gasteiger partial charge < -0.3 is 60.0 Å². The lowest BCUT2D eigenvalue weighted by Gasteiger charge is -2.45. The van der Waals surface area contributed by atoms with Crippen molar-refractivity contribution in [3.63, 3.8) is 0 Å². The van der Waals surface area contributed by atoms with Gasteiger partial charge in [0, 0.05) is 82.8 Å². The van der Waals surface area contributed by atoms with E-state index in [2.05, 4.69) is 5.32 Å². The molecule has 2 aliphatic heterocycles. The Bertz CT molecular complexity index is 3620. The molecule has 2 heterocycles. The van der Waals surface area contributed by atoms with Gasteiger partial charge in [0.15, 0.2) is 0 Å². The molecule has 0 bridgehead atoms. The number of likely N-dealkylation sites (N-methyl/N-ethyl adjacent to an activating group) is 9. The number of carbonyl (C=O) groups excluding carboxylic acids is 12. The van der Waals surface area contributed by atoms with Crippen LogP contribution < -0.4 is 11.1 Å². The molecule has 1 spiro atoms. The number of carbonyl (C=O) groups is 12. The number of benzene rings is 3. The third-order valence-corrected chi connectivity index (χ3v) is 22.2. The second kappa shape index (κ2) is 35.9. The van der Waals surface area contributed by atoms with Gasteiger partial charge in [-0.25, -0.2) is 0 Å². The average Bonchev–Trinajstić information content (AvgIpc) is 1.46. The van der Waals surface area contributed by atoms with E-state index in [1.807, 2.05) is 39.8 Å². The van der Waals surface area contributed by atoms with Crippen molar-refractivity contribution in [2.75, 3.05) is 76.5 Å². The third kappa shape index (κ3) is 19.3. The zero-order valence-corrected chi connectivity index (χ0v) is 64.2. The van der Waals surface area contributed by atoms with Crippen LogP contribution in [0.25, 0.3) is 0 Å². The molecule has 2 saturated heterocycles. The Kier molecular flexibility index (Phi) is 29.1. The van der Waals surface area contributed by atoms with Crippen molar-refractivity contribution in [1.82, 2.24) is 54.3 Å². The van der Waals surface area contributed by atoms with Crippen LogP contribution in [0.5, 0.6) is 0 Å². The topological polar surface area (TPSA) is 275 Å². The number of fused-ring (bicyclic) bond motifs is 1. The molecular formula is C76H108ClF3N12O12. The van der Waals surface area contributed by atoms with Gasteiger partial charge in [0.1, 0.15) is 59.9 Å². The van der Waals surface area contributed by atoms with Gasteiger partial charge in [-0.2, -0.15) is 13.2 Å². The van der Waals surface area contributed by atoms with Crippen molar-refractivity contribution < 1.29 is 70.7 Å². The van der Waals surface area contributed by atoms with Crippen LogP contribution >= 0.6 is 11.6 Å². The molecule has 3 aromatic carbocycles. The van der Waals surface area contributed by atoms with E-state index in [1.165, 1.54) is 111 Å². The van der Waals surface area contributed by atoms with E-state index in [1.54, 1.807) is 63.2 Å². The van der Waals surface area contributed by atoms with Gasteiger partial charge in [0.2, 0.25) is 70.9 Å². The van der Waals surface area contributed by atoms with Crippen LogP contribution in [-0.2, 0) is 83.0 Å². The van der Waals surface area contributed by atoms with Gasteiger partial charge in [-0.05, 0) is 98.9 Å². The molecule has 3 N–H and O–H groups in total. The summed E-state index contributed by atoms with van der Waals surface area (Å²) >= 11 is 6.20. The van der Waals surface area contributed by atoms with Crippen LogP contribution in [0.15, 0.2) is 72.8 Å². The van der Waals surface area contributed by atoms with Crippen LogP contribution in [0, 0.1) is 24.7 Å². The van der Waals surface area contributed by atoms with Crippen LogP contribution in [0.4, 0.5) is 13.2 Å². The first-order valence-electron chi connectivity index (χ1n) is 35.9. The molecule has 1 unspecified atom stereocenters. The van der Waals surface area contributed by atoms with Crippen molar-refractivity contribution in [1.29, 1.82) is 0 Å². The molecule has 0 aromatic heterocycles. The first-order valence-corrected chi connectivity index (χ1v) is 36.3. The Hall–Kier alpha value is -8.62. The standard InChI is InChI=1S/C76H108ClF3N12O12/c1-18-47(6)63-72(102)84(10)49(8)66(96)92-38-35-56(92)69(99)88(14)59(42-52-29-27-46(5)28-30-52)68(98)83(9)44-61(93)82-55(34-32-51-31-33-53(54(77)40-51)76(78,79)80)67(97)87(13)60(41-50-25-21-20-22-26-50)71(101)91(17)75(36-23-24-37-75)74(104)90(16)64(48(7)19-2)73(103)86(12)57(65(81)95)43-62(94)85(11)58(39-45(3)4)70(100)89(63)15/h20-22,25-31,33,40,45,47-49,55-60,63-64H,18-19,23-24,32,34-39,41-44H2,1-17H3,(H2,81,95)(H,82,93)/t47-,48-,49-,55-,56?,57-,58-,59-,60+,63-,64-/m0/s1. The van der Waals surface area contributed by atoms with E-state index in [9.17, 15) is 37.1 Å². The smallest absolute Gasteiger partial charge is 0.368 e. The molecule has 3 aromatic rings. The minimum absolute atomic E-state index is 0.0648. The zero-order valence-electron chi connectivity index (χ0n) is 63.4. The SMILES string of the molecule is CC[C@H](C)[C@H]1C(=O)N(C)[C@@H](C)C(=O)N2CCC2C(=O)N(C)[C@@H](Cc2ccc(C)cc2)C(=O)N(C)CC(=O)N[C@@H](CCc2ccc(C(F)(F)F)c(Cl)c2)C(=O)N(C)[C@H](Cc2ccccc2)C(=O)N(C)C2(CCCC2)C(=O)N(C)[C@@H]([C@@H](C)CC)C(=O)N(C)[C@H](C(N)=O)CC(=O)N(C)[C@@H](CC(C)C)C(=O)N1C. The third-order valence-electron chi connectivity index (χ3n) is 21.9. The highest BCUT2D eigenvalue weighted by atomic mass is 35.5. The highest BCUT2D eigenvalue weighted by Gasteiger charge is 2.53. The molecule has 12 amide bonds. The molecule has 104 heavy (non-hydrogen) atoms. The number of aryl methyl sites for hydroxylation is 2. The van der Waals surface area contributed by atoms with Gasteiger partial charge >= 0.3 is 6.18 Å². The average molecular weight is 1470 g/mol. The minimum atomic E-state index is -4.79. The Balaban J connectivity index is 1.51. The first kappa shape index (κ1) is 84.3. The number of primary amides is 1. The normalized spacial score (nSPS) is 25.1. The Morgan fingerprint density at radius 3 is 1.66 bits per heavy atom. The van der Waals surface area contributed by atoms with Gasteiger partial charge in [0.25, 0.3) is 0 Å². The van der Waals surface area contributed by atoms with Crippen molar-refractivity contribution >= 4 is 82.5 Å².